The molecule has 118 valence electrons. The molecule has 1 aliphatic rings. The van der Waals surface area contributed by atoms with Crippen molar-refractivity contribution in [2.45, 2.75) is 45.8 Å². The summed E-state index contributed by atoms with van der Waals surface area (Å²) in [5, 5.41) is 24.1. The van der Waals surface area contributed by atoms with E-state index in [4.69, 9.17) is 0 Å². The molecule has 1 aromatic heterocycles. The number of aromatic nitrogens is 2. The van der Waals surface area contributed by atoms with Crippen LogP contribution in [0.25, 0.3) is 0 Å². The number of carboxylic acids is 1. The number of aliphatic hydroxyl groups excluding tert-OH is 1. The molecule has 6 heteroatoms. The number of hydrogen-bond acceptors (Lipinski definition) is 4. The monoisotopic (exact) mass is 295 g/mol. The van der Waals surface area contributed by atoms with Crippen molar-refractivity contribution in [2.75, 3.05) is 19.6 Å². The van der Waals surface area contributed by atoms with Gasteiger partial charge in [0.05, 0.1) is 18.1 Å². The molecule has 1 aromatic rings. The van der Waals surface area contributed by atoms with Crippen LogP contribution >= 0.6 is 0 Å². The van der Waals surface area contributed by atoms with E-state index in [9.17, 15) is 15.0 Å². The van der Waals surface area contributed by atoms with Gasteiger partial charge in [0, 0.05) is 25.0 Å². The first kappa shape index (κ1) is 16.0. The van der Waals surface area contributed by atoms with Crippen LogP contribution in [0.2, 0.25) is 0 Å². The summed E-state index contributed by atoms with van der Waals surface area (Å²) in [4.78, 5) is 13.7. The van der Waals surface area contributed by atoms with Crippen molar-refractivity contribution in [1.82, 2.24) is 14.7 Å². The summed E-state index contributed by atoms with van der Waals surface area (Å²) >= 11 is 0. The standard InChI is InChI=1S/C15H25N3O3/c1-3-5-15(14(20)21)6-8-17(11-13(15)19)9-10-18-12(2)4-7-16-18/h4,7,13,19H,3,5-6,8-11H2,1-2H3,(H,20,21)/t13-,15+/m1/s1. The number of piperidine rings is 1. The fourth-order valence-electron chi connectivity index (χ4n) is 3.20. The molecule has 0 aromatic carbocycles. The molecular formula is C15H25N3O3. The Balaban J connectivity index is 1.93. The fraction of sp³-hybridized carbons (Fsp3) is 0.733. The highest BCUT2D eigenvalue weighted by Crippen LogP contribution is 2.36. The number of rotatable bonds is 6. The molecule has 1 saturated heterocycles. The van der Waals surface area contributed by atoms with Gasteiger partial charge >= 0.3 is 5.97 Å². The van der Waals surface area contributed by atoms with E-state index in [2.05, 4.69) is 10.00 Å². The maximum absolute atomic E-state index is 11.6. The van der Waals surface area contributed by atoms with Gasteiger partial charge in [-0.2, -0.15) is 5.10 Å². The smallest absolute Gasteiger partial charge is 0.312 e. The molecule has 6 nitrogen and oxygen atoms in total. The Morgan fingerprint density at radius 3 is 2.81 bits per heavy atom. The molecule has 0 radical (unpaired) electrons. The number of carboxylic acid groups (broad SMARTS) is 1. The molecule has 0 bridgehead atoms. The van der Waals surface area contributed by atoms with Gasteiger partial charge in [-0.15, -0.1) is 0 Å². The largest absolute Gasteiger partial charge is 0.481 e. The molecule has 21 heavy (non-hydrogen) atoms. The van der Waals surface area contributed by atoms with E-state index in [1.807, 2.05) is 24.6 Å². The van der Waals surface area contributed by atoms with Gasteiger partial charge in [-0.05, 0) is 32.4 Å². The third kappa shape index (κ3) is 3.27. The van der Waals surface area contributed by atoms with Crippen LogP contribution in [-0.2, 0) is 11.3 Å². The van der Waals surface area contributed by atoms with Crippen LogP contribution in [0.4, 0.5) is 0 Å². The maximum Gasteiger partial charge on any atom is 0.312 e. The summed E-state index contributed by atoms with van der Waals surface area (Å²) in [5.41, 5.74) is 0.144. The van der Waals surface area contributed by atoms with Crippen LogP contribution in [0.15, 0.2) is 12.3 Å². The summed E-state index contributed by atoms with van der Waals surface area (Å²) in [6.45, 7) is 6.65. The van der Waals surface area contributed by atoms with E-state index >= 15 is 0 Å². The molecule has 2 heterocycles. The molecule has 2 atom stereocenters. The number of carbonyl (C=O) groups is 1. The van der Waals surface area contributed by atoms with E-state index in [0.717, 1.165) is 25.2 Å². The lowest BCUT2D eigenvalue weighted by molar-refractivity contribution is -0.164. The zero-order valence-corrected chi connectivity index (χ0v) is 12.8. The molecule has 0 unspecified atom stereocenters. The lowest BCUT2D eigenvalue weighted by Gasteiger charge is -2.42. The molecule has 0 saturated carbocycles. The van der Waals surface area contributed by atoms with E-state index < -0.39 is 17.5 Å². The summed E-state index contributed by atoms with van der Waals surface area (Å²) < 4.78 is 1.93. The molecule has 1 fully saturated rings. The Morgan fingerprint density at radius 2 is 2.29 bits per heavy atom. The average Bonchev–Trinajstić information content (AvgIpc) is 2.84. The lowest BCUT2D eigenvalue weighted by atomic mass is 9.73. The highest BCUT2D eigenvalue weighted by molar-refractivity contribution is 5.75. The van der Waals surface area contributed by atoms with Crippen molar-refractivity contribution in [3.05, 3.63) is 18.0 Å². The van der Waals surface area contributed by atoms with Crippen LogP contribution in [0.3, 0.4) is 0 Å². The van der Waals surface area contributed by atoms with Gasteiger partial charge in [0.15, 0.2) is 0 Å². The predicted octanol–water partition coefficient (Wildman–Crippen LogP) is 1.13. The molecular weight excluding hydrogens is 270 g/mol. The third-order valence-electron chi connectivity index (χ3n) is 4.62. The lowest BCUT2D eigenvalue weighted by Crippen LogP contribution is -2.55. The Morgan fingerprint density at radius 1 is 1.52 bits per heavy atom. The second kappa shape index (κ2) is 6.58. The maximum atomic E-state index is 11.6. The second-order valence-corrected chi connectivity index (χ2v) is 5.97. The first-order chi connectivity index (χ1) is 9.99. The quantitative estimate of drug-likeness (QED) is 0.822. The van der Waals surface area contributed by atoms with Crippen molar-refractivity contribution in [3.63, 3.8) is 0 Å². The Kier molecular flexibility index (Phi) is 5.00. The molecule has 0 spiro atoms. The average molecular weight is 295 g/mol. The predicted molar refractivity (Wildman–Crippen MR) is 79.0 cm³/mol. The van der Waals surface area contributed by atoms with Gasteiger partial charge in [0.2, 0.25) is 0 Å². The first-order valence-corrected chi connectivity index (χ1v) is 7.62. The number of hydrogen-bond donors (Lipinski definition) is 2. The van der Waals surface area contributed by atoms with Crippen LogP contribution < -0.4 is 0 Å². The van der Waals surface area contributed by atoms with E-state index in [1.165, 1.54) is 0 Å². The number of β-amino-alcohol motifs (C(OH)–C–C–N with tert-alkyl or cyclic N) is 1. The highest BCUT2D eigenvalue weighted by atomic mass is 16.4. The number of nitrogens with zero attached hydrogens (tertiary/aromatic N) is 3. The SMILES string of the molecule is CCC[C@]1(C(=O)O)CCN(CCn2nccc2C)C[C@H]1O. The molecule has 0 amide bonds. The van der Waals surface area contributed by atoms with Crippen molar-refractivity contribution < 1.29 is 15.0 Å². The van der Waals surface area contributed by atoms with Crippen LogP contribution in [0.1, 0.15) is 31.9 Å². The minimum Gasteiger partial charge on any atom is -0.481 e. The summed E-state index contributed by atoms with van der Waals surface area (Å²) in [5.74, 6) is -0.862. The topological polar surface area (TPSA) is 78.6 Å². The summed E-state index contributed by atoms with van der Waals surface area (Å²) in [7, 11) is 0. The van der Waals surface area contributed by atoms with Gasteiger partial charge in [-0.3, -0.25) is 14.4 Å². The molecule has 2 rings (SSSR count). The van der Waals surface area contributed by atoms with Gasteiger partial charge in [0.25, 0.3) is 0 Å². The van der Waals surface area contributed by atoms with Crippen LogP contribution in [0.5, 0.6) is 0 Å². The van der Waals surface area contributed by atoms with Crippen molar-refractivity contribution in [3.8, 4) is 0 Å². The van der Waals surface area contributed by atoms with Crippen LogP contribution in [-0.4, -0.2) is 56.6 Å². The van der Waals surface area contributed by atoms with E-state index in [1.54, 1.807) is 6.20 Å². The van der Waals surface area contributed by atoms with Gasteiger partial charge in [0.1, 0.15) is 0 Å². The van der Waals surface area contributed by atoms with E-state index in [0.29, 0.717) is 25.9 Å². The Hall–Kier alpha value is -1.40. The van der Waals surface area contributed by atoms with Gasteiger partial charge in [-0.25, -0.2) is 0 Å². The van der Waals surface area contributed by atoms with Gasteiger partial charge in [-0.1, -0.05) is 13.3 Å². The normalized spacial score (nSPS) is 26.9. The molecule has 0 aliphatic carbocycles. The first-order valence-electron chi connectivity index (χ1n) is 7.62. The minimum atomic E-state index is -0.965. The highest BCUT2D eigenvalue weighted by Gasteiger charge is 2.47. The minimum absolute atomic E-state index is 0.423. The number of likely N-dealkylation sites (tertiary alicyclic amines) is 1. The number of aliphatic hydroxyl groups is 1. The number of aryl methyl sites for hydroxylation is 1. The molecule has 2 N–H and O–H groups in total. The molecule has 1 aliphatic heterocycles. The Labute approximate surface area is 125 Å². The third-order valence-corrected chi connectivity index (χ3v) is 4.62. The fourth-order valence-corrected chi connectivity index (χ4v) is 3.20. The number of aliphatic carboxylic acids is 1. The van der Waals surface area contributed by atoms with Crippen LogP contribution in [0, 0.1) is 12.3 Å². The summed E-state index contributed by atoms with van der Waals surface area (Å²) in [6, 6.07) is 1.96. The zero-order chi connectivity index (χ0) is 15.5. The van der Waals surface area contributed by atoms with E-state index in [-0.39, 0.29) is 0 Å². The Bertz CT molecular complexity index is 488. The van der Waals surface area contributed by atoms with Crippen molar-refractivity contribution in [2.24, 2.45) is 5.41 Å². The second-order valence-electron chi connectivity index (χ2n) is 5.97. The van der Waals surface area contributed by atoms with Gasteiger partial charge < -0.3 is 10.2 Å². The summed E-state index contributed by atoms with van der Waals surface area (Å²) in [6.07, 6.45) is 2.79. The van der Waals surface area contributed by atoms with Crippen molar-refractivity contribution in [1.29, 1.82) is 0 Å². The zero-order valence-electron chi connectivity index (χ0n) is 12.8. The van der Waals surface area contributed by atoms with Crippen molar-refractivity contribution >= 4 is 5.97 Å².